The Bertz CT molecular complexity index is 822. The van der Waals surface area contributed by atoms with Crippen molar-refractivity contribution in [1.29, 1.82) is 0 Å². The minimum Gasteiger partial charge on any atom is -0.351 e. The van der Waals surface area contributed by atoms with E-state index in [2.05, 4.69) is 25.5 Å². The van der Waals surface area contributed by atoms with Crippen LogP contribution in [0, 0.1) is 0 Å². The number of aromatic amines is 1. The number of nitrogens with zero attached hydrogens (tertiary/aromatic N) is 3. The molecular weight excluding hydrogens is 350 g/mol. The molecule has 24 heavy (non-hydrogen) atoms. The van der Waals surface area contributed by atoms with E-state index in [-0.39, 0.29) is 23.5 Å². The number of hydrogen-bond donors (Lipinski definition) is 2. The largest absolute Gasteiger partial charge is 0.351 e. The first kappa shape index (κ1) is 16.9. The van der Waals surface area contributed by atoms with Gasteiger partial charge in [-0.15, -0.1) is 5.10 Å². The van der Waals surface area contributed by atoms with Crippen LogP contribution in [0.15, 0.2) is 29.7 Å². The van der Waals surface area contributed by atoms with Crippen LogP contribution in [0.1, 0.15) is 13.3 Å². The second-order valence-electron chi connectivity index (χ2n) is 5.57. The van der Waals surface area contributed by atoms with Crippen molar-refractivity contribution >= 4 is 27.5 Å². The molecule has 0 spiro atoms. The monoisotopic (exact) mass is 367 g/mol. The third-order valence-corrected chi connectivity index (χ3v) is 6.38. The quantitative estimate of drug-likeness (QED) is 0.745. The maximum atomic E-state index is 12.2. The van der Waals surface area contributed by atoms with Crippen molar-refractivity contribution in [2.45, 2.75) is 29.8 Å². The average molecular weight is 367 g/mol. The first-order valence-corrected chi connectivity index (χ1v) is 10.1. The lowest BCUT2D eigenvalue weighted by molar-refractivity contribution is -0.120. The molecule has 128 valence electrons. The molecule has 10 heteroatoms. The Morgan fingerprint density at radius 1 is 1.42 bits per heavy atom. The first-order valence-electron chi connectivity index (χ1n) is 7.43. The lowest BCUT2D eigenvalue weighted by Gasteiger charge is -2.14. The normalized spacial score (nSPS) is 20.6. The standard InChI is InChI=1S/C14H17N5O3S2/c1-9(13(20)16-11-4-7-24(21,22)8-11)23-14-17-12(18-19-14)10-2-5-15-6-3-10/h2-3,5-6,9,11H,4,7-8H2,1H3,(H,16,20)(H,17,18,19)/t9-,11-/m0/s1. The molecule has 2 N–H and O–H groups in total. The number of carbonyl (C=O) groups is 1. The van der Waals surface area contributed by atoms with Gasteiger partial charge in [0.05, 0.1) is 16.8 Å². The molecule has 2 aromatic rings. The zero-order valence-electron chi connectivity index (χ0n) is 13.0. The van der Waals surface area contributed by atoms with Crippen molar-refractivity contribution < 1.29 is 13.2 Å². The summed E-state index contributed by atoms with van der Waals surface area (Å²) in [5.41, 5.74) is 0.859. The summed E-state index contributed by atoms with van der Waals surface area (Å²) in [6.45, 7) is 1.74. The number of carbonyl (C=O) groups excluding carboxylic acids is 1. The number of rotatable bonds is 5. The van der Waals surface area contributed by atoms with Crippen LogP contribution in [0.2, 0.25) is 0 Å². The molecular formula is C14H17N5O3S2. The minimum absolute atomic E-state index is 0.0168. The third-order valence-electron chi connectivity index (χ3n) is 3.65. The predicted molar refractivity (Wildman–Crippen MR) is 90.1 cm³/mol. The van der Waals surface area contributed by atoms with Crippen molar-refractivity contribution in [2.75, 3.05) is 11.5 Å². The van der Waals surface area contributed by atoms with Gasteiger partial charge in [0.2, 0.25) is 11.1 Å². The van der Waals surface area contributed by atoms with Crippen LogP contribution in [-0.2, 0) is 14.6 Å². The molecule has 1 amide bonds. The minimum atomic E-state index is -3.01. The highest BCUT2D eigenvalue weighted by atomic mass is 32.2. The van der Waals surface area contributed by atoms with Gasteiger partial charge >= 0.3 is 0 Å². The van der Waals surface area contributed by atoms with Crippen LogP contribution >= 0.6 is 11.8 Å². The van der Waals surface area contributed by atoms with Gasteiger partial charge in [-0.05, 0) is 25.5 Å². The lowest BCUT2D eigenvalue weighted by atomic mass is 10.2. The second kappa shape index (κ2) is 6.89. The van der Waals surface area contributed by atoms with Crippen LogP contribution in [0.4, 0.5) is 0 Å². The SMILES string of the molecule is C[C@H](Sc1n[nH]c(-c2ccncc2)n1)C(=O)N[C@H]1CCS(=O)(=O)C1. The summed E-state index contributed by atoms with van der Waals surface area (Å²) in [5.74, 6) is 0.547. The van der Waals surface area contributed by atoms with Crippen LogP contribution in [0.3, 0.4) is 0 Å². The number of H-pyrrole nitrogens is 1. The van der Waals surface area contributed by atoms with E-state index in [4.69, 9.17) is 0 Å². The fourth-order valence-electron chi connectivity index (χ4n) is 2.38. The van der Waals surface area contributed by atoms with Gasteiger partial charge in [0.15, 0.2) is 15.7 Å². The molecule has 3 rings (SSSR count). The van der Waals surface area contributed by atoms with Gasteiger partial charge in [0.25, 0.3) is 0 Å². The van der Waals surface area contributed by atoms with E-state index in [1.54, 1.807) is 19.3 Å². The molecule has 0 bridgehead atoms. The average Bonchev–Trinajstić information content (AvgIpc) is 3.14. The summed E-state index contributed by atoms with van der Waals surface area (Å²) < 4.78 is 22.9. The number of aromatic nitrogens is 4. The Labute approximate surface area is 143 Å². The molecule has 1 aliphatic rings. The van der Waals surface area contributed by atoms with Crippen LogP contribution in [0.25, 0.3) is 11.4 Å². The zero-order chi connectivity index (χ0) is 17.2. The number of amides is 1. The summed E-state index contributed by atoms with van der Waals surface area (Å²) in [6.07, 6.45) is 3.80. The highest BCUT2D eigenvalue weighted by Gasteiger charge is 2.30. The van der Waals surface area contributed by atoms with E-state index >= 15 is 0 Å². The molecule has 8 nitrogen and oxygen atoms in total. The number of thioether (sulfide) groups is 1. The van der Waals surface area contributed by atoms with Crippen molar-refractivity contribution in [1.82, 2.24) is 25.5 Å². The van der Waals surface area contributed by atoms with Gasteiger partial charge in [-0.3, -0.25) is 14.9 Å². The fourth-order valence-corrected chi connectivity index (χ4v) is 4.78. The Morgan fingerprint density at radius 2 is 2.17 bits per heavy atom. The summed E-state index contributed by atoms with van der Waals surface area (Å²) in [5, 5.41) is 9.75. The molecule has 2 atom stereocenters. The number of nitrogens with one attached hydrogen (secondary N) is 2. The Kier molecular flexibility index (Phi) is 4.86. The van der Waals surface area contributed by atoms with Crippen molar-refractivity contribution in [2.24, 2.45) is 0 Å². The lowest BCUT2D eigenvalue weighted by Crippen LogP contribution is -2.39. The summed E-state index contributed by atoms with van der Waals surface area (Å²) in [4.78, 5) is 20.5. The van der Waals surface area contributed by atoms with E-state index < -0.39 is 15.1 Å². The second-order valence-corrected chi connectivity index (χ2v) is 9.11. The van der Waals surface area contributed by atoms with E-state index in [1.807, 2.05) is 12.1 Å². The van der Waals surface area contributed by atoms with E-state index in [1.165, 1.54) is 11.8 Å². The Hall–Kier alpha value is -1.94. The number of sulfone groups is 1. The molecule has 1 saturated heterocycles. The molecule has 0 aromatic carbocycles. The molecule has 1 aliphatic heterocycles. The van der Waals surface area contributed by atoms with Gasteiger partial charge in [-0.1, -0.05) is 11.8 Å². The maximum Gasteiger partial charge on any atom is 0.233 e. The van der Waals surface area contributed by atoms with Crippen molar-refractivity contribution in [3.8, 4) is 11.4 Å². The van der Waals surface area contributed by atoms with Crippen LogP contribution in [-0.4, -0.2) is 57.3 Å². The van der Waals surface area contributed by atoms with E-state index in [9.17, 15) is 13.2 Å². The molecule has 0 radical (unpaired) electrons. The van der Waals surface area contributed by atoms with E-state index in [0.717, 1.165) is 5.56 Å². The molecule has 0 saturated carbocycles. The molecule has 3 heterocycles. The van der Waals surface area contributed by atoms with E-state index in [0.29, 0.717) is 17.4 Å². The number of pyridine rings is 1. The first-order chi connectivity index (χ1) is 11.4. The third kappa shape index (κ3) is 4.12. The fraction of sp³-hybridized carbons (Fsp3) is 0.429. The van der Waals surface area contributed by atoms with Crippen molar-refractivity contribution in [3.63, 3.8) is 0 Å². The highest BCUT2D eigenvalue weighted by molar-refractivity contribution is 8.00. The molecule has 1 fully saturated rings. The Balaban J connectivity index is 1.58. The van der Waals surface area contributed by atoms with Crippen molar-refractivity contribution in [3.05, 3.63) is 24.5 Å². The highest BCUT2D eigenvalue weighted by Crippen LogP contribution is 2.23. The van der Waals surface area contributed by atoms with Crippen LogP contribution in [0.5, 0.6) is 0 Å². The van der Waals surface area contributed by atoms with Gasteiger partial charge < -0.3 is 5.32 Å². The topological polar surface area (TPSA) is 118 Å². The van der Waals surface area contributed by atoms with Gasteiger partial charge in [-0.25, -0.2) is 13.4 Å². The summed E-state index contributed by atoms with van der Waals surface area (Å²) >= 11 is 1.22. The van der Waals surface area contributed by atoms with Crippen LogP contribution < -0.4 is 5.32 Å². The Morgan fingerprint density at radius 3 is 2.83 bits per heavy atom. The summed E-state index contributed by atoms with van der Waals surface area (Å²) in [7, 11) is -3.01. The molecule has 2 aromatic heterocycles. The maximum absolute atomic E-state index is 12.2. The van der Waals surface area contributed by atoms with Gasteiger partial charge in [0, 0.05) is 24.0 Å². The predicted octanol–water partition coefficient (Wildman–Crippen LogP) is 0.651. The summed E-state index contributed by atoms with van der Waals surface area (Å²) in [6, 6.07) is 3.32. The molecule has 0 unspecified atom stereocenters. The molecule has 0 aliphatic carbocycles. The zero-order valence-corrected chi connectivity index (χ0v) is 14.6. The number of hydrogen-bond acceptors (Lipinski definition) is 7. The van der Waals surface area contributed by atoms with Gasteiger partial charge in [-0.2, -0.15) is 0 Å². The van der Waals surface area contributed by atoms with Gasteiger partial charge in [0.1, 0.15) is 0 Å². The smallest absolute Gasteiger partial charge is 0.233 e.